The topological polar surface area (TPSA) is 104 Å². The van der Waals surface area contributed by atoms with Crippen molar-refractivity contribution in [1.82, 2.24) is 0 Å². The van der Waals surface area contributed by atoms with E-state index in [0.29, 0.717) is 0 Å². The molecule has 3 rings (SSSR count). The van der Waals surface area contributed by atoms with Crippen molar-refractivity contribution in [3.63, 3.8) is 0 Å². The van der Waals surface area contributed by atoms with E-state index in [-0.39, 0.29) is 5.41 Å². The van der Waals surface area contributed by atoms with Gasteiger partial charge in [-0.25, -0.2) is 23.2 Å². The van der Waals surface area contributed by atoms with Crippen molar-refractivity contribution in [3.05, 3.63) is 83.7 Å². The highest BCUT2D eigenvalue weighted by Gasteiger charge is 2.25. The molecule has 30 heavy (non-hydrogen) atoms. The predicted molar refractivity (Wildman–Crippen MR) is 106 cm³/mol. The van der Waals surface area contributed by atoms with Gasteiger partial charge in [0.05, 0.1) is 0 Å². The smallest absolute Gasteiger partial charge is 0.199 e. The van der Waals surface area contributed by atoms with Gasteiger partial charge in [-0.3, -0.25) is 0 Å². The molecule has 0 bridgehead atoms. The zero-order valence-electron chi connectivity index (χ0n) is 17.7. The third kappa shape index (κ3) is 7.40. The normalized spacial score (nSPS) is 17.0. The second-order valence-corrected chi connectivity index (χ2v) is 8.76. The quantitative estimate of drug-likeness (QED) is 0.598. The molecule has 0 unspecified atom stereocenters. The molecule has 0 aromatic heterocycles. The van der Waals surface area contributed by atoms with E-state index in [1.165, 1.54) is 16.8 Å². The molecule has 0 saturated heterocycles. The number of fused-ring (bicyclic) bond motifs is 1. The fourth-order valence-corrected chi connectivity index (χ4v) is 2.92. The van der Waals surface area contributed by atoms with Gasteiger partial charge in [0.2, 0.25) is 0 Å². The van der Waals surface area contributed by atoms with Crippen molar-refractivity contribution >= 4 is 11.3 Å². The van der Waals surface area contributed by atoms with Gasteiger partial charge in [-0.2, -0.15) is 0 Å². The van der Waals surface area contributed by atoms with E-state index in [9.17, 15) is 0 Å². The van der Waals surface area contributed by atoms with Crippen LogP contribution in [-0.4, -0.2) is 24.4 Å². The maximum Gasteiger partial charge on any atom is 0.199 e. The molecule has 0 N–H and O–H groups in total. The molecule has 0 fully saturated rings. The summed E-state index contributed by atoms with van der Waals surface area (Å²) < 4.78 is 42.2. The number of halogens is 1. The summed E-state index contributed by atoms with van der Waals surface area (Å²) in [6.45, 7) is 6.72. The lowest BCUT2D eigenvalue weighted by atomic mass is 9.80. The summed E-state index contributed by atoms with van der Waals surface area (Å²) in [6.07, 6.45) is 14.8. The van der Waals surface area contributed by atoms with Crippen molar-refractivity contribution in [2.75, 3.05) is 14.1 Å². The number of allylic oxidation sites excluding steroid dienone is 9. The first-order chi connectivity index (χ1) is 13.8. The van der Waals surface area contributed by atoms with Crippen LogP contribution in [0.5, 0.6) is 5.75 Å². The summed E-state index contributed by atoms with van der Waals surface area (Å²) in [5.74, 6) is 1.80. The SMILES string of the molecule is C[N+](C)=C1C=CC(=C/C=C2/C=C(C(C)(C)C)c3ccccc3O2)C=C1.[O-][Cl+3]([O-])([O-])[O-]. The molecule has 0 radical (unpaired) electrons. The molecular formula is C23H26ClNO5. The van der Waals surface area contributed by atoms with E-state index in [1.54, 1.807) is 0 Å². The van der Waals surface area contributed by atoms with Gasteiger partial charge in [0.1, 0.15) is 25.6 Å². The largest absolute Gasteiger partial charge is 0.457 e. The van der Waals surface area contributed by atoms with Crippen LogP contribution in [0.3, 0.4) is 0 Å². The minimum absolute atomic E-state index is 0.0618. The minimum Gasteiger partial charge on any atom is -0.457 e. The van der Waals surface area contributed by atoms with Crippen LogP contribution in [0.2, 0.25) is 0 Å². The van der Waals surface area contributed by atoms with E-state index in [1.807, 2.05) is 32.3 Å². The van der Waals surface area contributed by atoms with Crippen LogP contribution in [0.25, 0.3) is 5.57 Å². The number of rotatable bonds is 1. The Bertz CT molecular complexity index is 942. The Balaban J connectivity index is 0.000000575. The first-order valence-electron chi connectivity index (χ1n) is 9.28. The predicted octanol–water partition coefficient (Wildman–Crippen LogP) is 0.402. The van der Waals surface area contributed by atoms with Gasteiger partial charge in [0, 0.05) is 17.7 Å². The number of hydrogen-bond acceptors (Lipinski definition) is 5. The molecule has 1 aliphatic carbocycles. The van der Waals surface area contributed by atoms with E-state index < -0.39 is 10.2 Å². The van der Waals surface area contributed by atoms with Crippen LogP contribution in [-0.2, 0) is 0 Å². The summed E-state index contributed by atoms with van der Waals surface area (Å²) in [7, 11) is -0.848. The molecule has 6 nitrogen and oxygen atoms in total. The van der Waals surface area contributed by atoms with Gasteiger partial charge >= 0.3 is 0 Å². The van der Waals surface area contributed by atoms with E-state index in [4.69, 9.17) is 23.4 Å². The van der Waals surface area contributed by atoms with Crippen LogP contribution >= 0.6 is 0 Å². The molecule has 160 valence electrons. The van der Waals surface area contributed by atoms with Crippen molar-refractivity contribution in [2.45, 2.75) is 20.8 Å². The van der Waals surface area contributed by atoms with Crippen molar-refractivity contribution in [3.8, 4) is 5.75 Å². The Morgan fingerprint density at radius 2 is 1.47 bits per heavy atom. The molecule has 0 saturated carbocycles. The summed E-state index contributed by atoms with van der Waals surface area (Å²) in [6, 6.07) is 8.25. The lowest BCUT2D eigenvalue weighted by Crippen LogP contribution is -2.68. The molecule has 0 amide bonds. The average Bonchev–Trinajstić information content (AvgIpc) is 2.64. The zero-order valence-corrected chi connectivity index (χ0v) is 18.5. The maximum atomic E-state index is 8.49. The number of hydrogen-bond donors (Lipinski definition) is 0. The third-order valence-electron chi connectivity index (χ3n) is 4.35. The number of para-hydroxylation sites is 1. The number of benzene rings is 1. The summed E-state index contributed by atoms with van der Waals surface area (Å²) in [4.78, 5) is 0. The van der Waals surface area contributed by atoms with Gasteiger partial charge < -0.3 is 4.74 Å². The number of nitrogens with zero attached hydrogens (tertiary/aromatic N) is 1. The van der Waals surface area contributed by atoms with E-state index in [2.05, 4.69) is 73.9 Å². The minimum atomic E-state index is -4.94. The first kappa shape index (κ1) is 23.8. The molecule has 1 aliphatic heterocycles. The fraction of sp³-hybridized carbons (Fsp3) is 0.261. The standard InChI is InChI=1S/C23H26NO.ClHO4/c1-23(2,3)21-16-19(25-22-9-7-6-8-20(21)22)15-12-17-10-13-18(14-11-17)24(4)5;2-1(3,4)5/h6-16H,1-5H3;(H,2,3,4,5)/q+1;/p-1/b19-15-;. The van der Waals surface area contributed by atoms with Gasteiger partial charge in [-0.15, -0.1) is 10.2 Å². The monoisotopic (exact) mass is 431 g/mol. The zero-order chi connectivity index (χ0) is 22.5. The fourth-order valence-electron chi connectivity index (χ4n) is 2.92. The van der Waals surface area contributed by atoms with E-state index in [0.717, 1.165) is 17.1 Å². The average molecular weight is 432 g/mol. The molecule has 1 aromatic rings. The lowest BCUT2D eigenvalue weighted by molar-refractivity contribution is -2.00. The molecule has 0 atom stereocenters. The second-order valence-electron chi connectivity index (χ2n) is 8.01. The molecule has 1 aromatic carbocycles. The Kier molecular flexibility index (Phi) is 7.58. The van der Waals surface area contributed by atoms with Gasteiger partial charge in [0.25, 0.3) is 0 Å². The Morgan fingerprint density at radius 1 is 0.900 bits per heavy atom. The molecule has 0 spiro atoms. The first-order valence-corrected chi connectivity index (χ1v) is 10.5. The second kappa shape index (κ2) is 9.55. The van der Waals surface area contributed by atoms with Gasteiger partial charge in [-0.05, 0) is 46.9 Å². The van der Waals surface area contributed by atoms with Crippen LogP contribution in [0, 0.1) is 15.7 Å². The molecular weight excluding hydrogens is 406 g/mol. The molecule has 1 heterocycles. The van der Waals surface area contributed by atoms with Crippen LogP contribution in [0.15, 0.2) is 78.1 Å². The summed E-state index contributed by atoms with van der Waals surface area (Å²) in [5, 5.41) is 0. The Labute approximate surface area is 179 Å². The van der Waals surface area contributed by atoms with Gasteiger partial charge in [0.15, 0.2) is 5.71 Å². The highest BCUT2D eigenvalue weighted by atomic mass is 35.7. The highest BCUT2D eigenvalue weighted by Crippen LogP contribution is 2.42. The van der Waals surface area contributed by atoms with E-state index >= 15 is 0 Å². The highest BCUT2D eigenvalue weighted by molar-refractivity contribution is 6.02. The lowest BCUT2D eigenvalue weighted by Gasteiger charge is -2.29. The van der Waals surface area contributed by atoms with Crippen molar-refractivity contribution in [1.29, 1.82) is 0 Å². The molecule has 7 heteroatoms. The molecule has 2 aliphatic rings. The van der Waals surface area contributed by atoms with Crippen LogP contribution in [0.1, 0.15) is 26.3 Å². The number of ether oxygens (including phenoxy) is 1. The maximum absolute atomic E-state index is 8.49. The van der Waals surface area contributed by atoms with Crippen LogP contribution < -0.4 is 23.4 Å². The van der Waals surface area contributed by atoms with Crippen molar-refractivity contribution < 1.29 is 38.2 Å². The summed E-state index contributed by atoms with van der Waals surface area (Å²) >= 11 is 0. The summed E-state index contributed by atoms with van der Waals surface area (Å²) in [5.41, 5.74) is 4.90. The Morgan fingerprint density at radius 3 is 2.00 bits per heavy atom. The van der Waals surface area contributed by atoms with Gasteiger partial charge in [-0.1, -0.05) is 45.0 Å². The Hall–Kier alpha value is -2.48. The van der Waals surface area contributed by atoms with Crippen LogP contribution in [0.4, 0.5) is 0 Å². The third-order valence-corrected chi connectivity index (χ3v) is 4.35. The van der Waals surface area contributed by atoms with Crippen molar-refractivity contribution in [2.24, 2.45) is 5.41 Å².